The van der Waals surface area contributed by atoms with Gasteiger partial charge in [-0.05, 0) is 24.3 Å². The van der Waals surface area contributed by atoms with Crippen LogP contribution in [0.3, 0.4) is 0 Å². The van der Waals surface area contributed by atoms with Gasteiger partial charge in [0.15, 0.2) is 0 Å². The van der Waals surface area contributed by atoms with E-state index in [0.717, 1.165) is 0 Å². The molecular weight excluding hydrogens is 261 g/mol. The fourth-order valence-corrected chi connectivity index (χ4v) is 1.84. The van der Waals surface area contributed by atoms with E-state index in [2.05, 4.69) is 4.98 Å². The Morgan fingerprint density at radius 3 is 2.41 bits per heavy atom. The predicted molar refractivity (Wildman–Crippen MR) is 66.7 cm³/mol. The van der Waals surface area contributed by atoms with E-state index in [4.69, 9.17) is 33.0 Å². The van der Waals surface area contributed by atoms with Crippen LogP contribution < -0.4 is 4.74 Å². The lowest BCUT2D eigenvalue weighted by Crippen LogP contribution is -1.90. The molecule has 17 heavy (non-hydrogen) atoms. The van der Waals surface area contributed by atoms with E-state index in [1.807, 2.05) is 0 Å². The number of aliphatic hydroxyl groups is 1. The third kappa shape index (κ3) is 3.33. The predicted octanol–water partition coefficient (Wildman–Crippen LogP) is 3.67. The van der Waals surface area contributed by atoms with Crippen LogP contribution in [-0.2, 0) is 6.61 Å². The molecule has 0 unspecified atom stereocenters. The molecule has 5 heteroatoms. The van der Waals surface area contributed by atoms with E-state index in [9.17, 15) is 0 Å². The third-order valence-corrected chi connectivity index (χ3v) is 2.46. The highest BCUT2D eigenvalue weighted by Gasteiger charge is 2.02. The molecule has 0 fully saturated rings. The highest BCUT2D eigenvalue weighted by atomic mass is 35.5. The molecule has 2 aromatic rings. The Morgan fingerprint density at radius 1 is 1.06 bits per heavy atom. The van der Waals surface area contributed by atoms with E-state index in [1.165, 1.54) is 0 Å². The van der Waals surface area contributed by atoms with Gasteiger partial charge in [-0.25, -0.2) is 0 Å². The van der Waals surface area contributed by atoms with Crippen molar-refractivity contribution in [2.45, 2.75) is 6.61 Å². The number of nitrogens with zero attached hydrogens (tertiary/aromatic N) is 1. The van der Waals surface area contributed by atoms with Crippen molar-refractivity contribution in [2.24, 2.45) is 0 Å². The molecule has 0 saturated heterocycles. The Balaban J connectivity index is 2.24. The number of aromatic nitrogens is 1. The molecule has 0 spiro atoms. The summed E-state index contributed by atoms with van der Waals surface area (Å²) in [6, 6.07) is 8.28. The van der Waals surface area contributed by atoms with Gasteiger partial charge in [0.25, 0.3) is 0 Å². The molecule has 1 aromatic heterocycles. The first-order valence-electron chi connectivity index (χ1n) is 4.87. The van der Waals surface area contributed by atoms with Gasteiger partial charge in [0, 0.05) is 22.3 Å². The fourth-order valence-electron chi connectivity index (χ4n) is 1.33. The van der Waals surface area contributed by atoms with E-state index >= 15 is 0 Å². The van der Waals surface area contributed by atoms with Crippen molar-refractivity contribution >= 4 is 23.2 Å². The van der Waals surface area contributed by atoms with Gasteiger partial charge in [0.1, 0.15) is 11.5 Å². The van der Waals surface area contributed by atoms with Crippen molar-refractivity contribution in [3.63, 3.8) is 0 Å². The van der Waals surface area contributed by atoms with Crippen LogP contribution >= 0.6 is 23.2 Å². The van der Waals surface area contributed by atoms with Crippen molar-refractivity contribution in [1.29, 1.82) is 0 Å². The number of ether oxygens (including phenoxy) is 1. The minimum atomic E-state index is -0.131. The minimum absolute atomic E-state index is 0.131. The van der Waals surface area contributed by atoms with Gasteiger partial charge in [-0.1, -0.05) is 23.2 Å². The topological polar surface area (TPSA) is 42.4 Å². The number of pyridine rings is 1. The van der Waals surface area contributed by atoms with Gasteiger partial charge in [-0.3, -0.25) is 4.98 Å². The van der Waals surface area contributed by atoms with Crippen LogP contribution in [0.4, 0.5) is 0 Å². The van der Waals surface area contributed by atoms with Gasteiger partial charge in [-0.2, -0.15) is 0 Å². The van der Waals surface area contributed by atoms with Gasteiger partial charge in [0.2, 0.25) is 0 Å². The molecule has 3 nitrogen and oxygen atoms in total. The molecular formula is C12H9Cl2NO2. The van der Waals surface area contributed by atoms with Gasteiger partial charge in [0.05, 0.1) is 12.3 Å². The Morgan fingerprint density at radius 2 is 1.76 bits per heavy atom. The van der Waals surface area contributed by atoms with Crippen LogP contribution in [0.2, 0.25) is 10.0 Å². The molecule has 0 aliphatic rings. The highest BCUT2D eigenvalue weighted by Crippen LogP contribution is 2.28. The quantitative estimate of drug-likeness (QED) is 0.925. The lowest BCUT2D eigenvalue weighted by atomic mass is 10.3. The van der Waals surface area contributed by atoms with Crippen molar-refractivity contribution < 1.29 is 9.84 Å². The molecule has 1 aromatic carbocycles. The van der Waals surface area contributed by atoms with Crippen molar-refractivity contribution in [3.8, 4) is 11.5 Å². The summed E-state index contributed by atoms with van der Waals surface area (Å²) in [5.41, 5.74) is 0.538. The molecule has 1 N–H and O–H groups in total. The highest BCUT2D eigenvalue weighted by molar-refractivity contribution is 6.34. The van der Waals surface area contributed by atoms with Crippen molar-refractivity contribution in [2.75, 3.05) is 0 Å². The summed E-state index contributed by atoms with van der Waals surface area (Å²) in [5, 5.41) is 9.96. The molecule has 88 valence electrons. The summed E-state index contributed by atoms with van der Waals surface area (Å²) in [4.78, 5) is 3.95. The van der Waals surface area contributed by atoms with Crippen molar-refractivity contribution in [1.82, 2.24) is 4.98 Å². The number of rotatable bonds is 3. The summed E-state index contributed by atoms with van der Waals surface area (Å²) in [6.07, 6.45) is 1.56. The zero-order chi connectivity index (χ0) is 12.3. The van der Waals surface area contributed by atoms with Crippen LogP contribution in [0.15, 0.2) is 36.5 Å². The number of hydrogen-bond donors (Lipinski definition) is 1. The van der Waals surface area contributed by atoms with Crippen LogP contribution in [0.25, 0.3) is 0 Å². The van der Waals surface area contributed by atoms with Gasteiger partial charge >= 0.3 is 0 Å². The lowest BCUT2D eigenvalue weighted by molar-refractivity contribution is 0.276. The van der Waals surface area contributed by atoms with Crippen LogP contribution in [0, 0.1) is 0 Å². The van der Waals surface area contributed by atoms with E-state index < -0.39 is 0 Å². The summed E-state index contributed by atoms with van der Waals surface area (Å²) < 4.78 is 5.56. The number of benzene rings is 1. The molecule has 2 rings (SSSR count). The molecule has 0 aliphatic carbocycles. The molecule has 0 amide bonds. The summed E-state index contributed by atoms with van der Waals surface area (Å²) in [7, 11) is 0. The van der Waals surface area contributed by atoms with Gasteiger partial charge in [-0.15, -0.1) is 0 Å². The maximum absolute atomic E-state index is 8.96. The smallest absolute Gasteiger partial charge is 0.130 e. The standard InChI is InChI=1S/C12H9Cl2NO2/c13-8-3-9(14)5-12(4-8)17-11-1-2-15-10(6-11)7-16/h1-6,16H,7H2. The van der Waals surface area contributed by atoms with E-state index in [-0.39, 0.29) is 6.61 Å². The number of hydrogen-bond acceptors (Lipinski definition) is 3. The van der Waals surface area contributed by atoms with Crippen molar-refractivity contribution in [3.05, 3.63) is 52.3 Å². The average Bonchev–Trinajstić information content (AvgIpc) is 2.28. The summed E-state index contributed by atoms with van der Waals surface area (Å²) in [5.74, 6) is 1.11. The second kappa shape index (κ2) is 5.36. The molecule has 0 atom stereocenters. The average molecular weight is 270 g/mol. The first kappa shape index (κ1) is 12.2. The lowest BCUT2D eigenvalue weighted by Gasteiger charge is -2.07. The first-order chi connectivity index (χ1) is 8.17. The first-order valence-corrected chi connectivity index (χ1v) is 5.63. The zero-order valence-electron chi connectivity index (χ0n) is 8.73. The largest absolute Gasteiger partial charge is 0.457 e. The van der Waals surface area contributed by atoms with Crippen LogP contribution in [-0.4, -0.2) is 10.1 Å². The van der Waals surface area contributed by atoms with Gasteiger partial charge < -0.3 is 9.84 Å². The Hall–Kier alpha value is -1.29. The Labute approximate surface area is 109 Å². The number of aliphatic hydroxyl groups excluding tert-OH is 1. The van der Waals surface area contributed by atoms with E-state index in [1.54, 1.807) is 36.5 Å². The minimum Gasteiger partial charge on any atom is -0.457 e. The molecule has 0 saturated carbocycles. The summed E-state index contributed by atoms with van der Waals surface area (Å²) in [6.45, 7) is -0.131. The fraction of sp³-hybridized carbons (Fsp3) is 0.0833. The normalized spacial score (nSPS) is 10.3. The summed E-state index contributed by atoms with van der Waals surface area (Å²) >= 11 is 11.7. The Kier molecular flexibility index (Phi) is 3.84. The van der Waals surface area contributed by atoms with Crippen LogP contribution in [0.1, 0.15) is 5.69 Å². The molecule has 0 aliphatic heterocycles. The zero-order valence-corrected chi connectivity index (χ0v) is 10.2. The third-order valence-electron chi connectivity index (χ3n) is 2.02. The Bertz CT molecular complexity index is 511. The van der Waals surface area contributed by atoms with E-state index in [0.29, 0.717) is 27.2 Å². The monoisotopic (exact) mass is 269 g/mol. The number of halogens is 2. The second-order valence-electron chi connectivity index (χ2n) is 3.35. The maximum Gasteiger partial charge on any atom is 0.130 e. The SMILES string of the molecule is OCc1cc(Oc2cc(Cl)cc(Cl)c2)ccn1. The maximum atomic E-state index is 8.96. The molecule has 1 heterocycles. The van der Waals surface area contributed by atoms with Crippen LogP contribution in [0.5, 0.6) is 11.5 Å². The molecule has 0 radical (unpaired) electrons. The second-order valence-corrected chi connectivity index (χ2v) is 4.22. The molecule has 0 bridgehead atoms.